The van der Waals surface area contributed by atoms with Gasteiger partial charge >= 0.3 is 0 Å². The van der Waals surface area contributed by atoms with Gasteiger partial charge in [-0.05, 0) is 31.9 Å². The van der Waals surface area contributed by atoms with Crippen molar-refractivity contribution in [2.45, 2.75) is 50.1 Å². The van der Waals surface area contributed by atoms with Crippen LogP contribution in [0.5, 0.6) is 0 Å². The van der Waals surface area contributed by atoms with Gasteiger partial charge in [-0.3, -0.25) is 4.79 Å². The van der Waals surface area contributed by atoms with Crippen molar-refractivity contribution in [3.63, 3.8) is 0 Å². The van der Waals surface area contributed by atoms with Gasteiger partial charge in [0.2, 0.25) is 5.16 Å². The summed E-state index contributed by atoms with van der Waals surface area (Å²) in [5, 5.41) is 21.8. The Bertz CT molecular complexity index is 849. The van der Waals surface area contributed by atoms with E-state index in [1.807, 2.05) is 41.1 Å². The number of aromatic nitrogens is 3. The third-order valence-corrected chi connectivity index (χ3v) is 5.67. The maximum absolute atomic E-state index is 12.2. The van der Waals surface area contributed by atoms with Crippen LogP contribution in [0, 0.1) is 22.7 Å². The lowest BCUT2D eigenvalue weighted by Crippen LogP contribution is -2.21. The molecule has 1 aromatic heterocycles. The van der Waals surface area contributed by atoms with Crippen molar-refractivity contribution in [2.75, 3.05) is 5.75 Å². The first-order valence-electron chi connectivity index (χ1n) is 9.22. The van der Waals surface area contributed by atoms with E-state index < -0.39 is 5.92 Å². The molecular weight excluding hydrogens is 358 g/mol. The number of hydrogen-bond donors (Lipinski definition) is 1. The van der Waals surface area contributed by atoms with Gasteiger partial charge in [0.1, 0.15) is 11.7 Å². The van der Waals surface area contributed by atoms with Crippen molar-refractivity contribution in [2.24, 2.45) is 5.92 Å². The van der Waals surface area contributed by atoms with Crippen LogP contribution in [0.15, 0.2) is 35.5 Å². The summed E-state index contributed by atoms with van der Waals surface area (Å²) in [6, 6.07) is 11.8. The van der Waals surface area contributed by atoms with Gasteiger partial charge in [-0.25, -0.2) is 9.67 Å². The fourth-order valence-corrected chi connectivity index (χ4v) is 4.11. The Labute approximate surface area is 163 Å². The lowest BCUT2D eigenvalue weighted by atomic mass is 9.88. The molecule has 2 aromatic rings. The second-order valence-corrected chi connectivity index (χ2v) is 7.78. The zero-order chi connectivity index (χ0) is 19.2. The number of carbonyl (C=O) groups excluding carboxylic acids is 1. The first-order valence-corrected chi connectivity index (χ1v) is 10.2. The number of Topliss-reactive ketones (excluding diaryl/α,β-unsaturated/α-hetero) is 1. The third-order valence-electron chi connectivity index (χ3n) is 4.81. The van der Waals surface area contributed by atoms with Crippen molar-refractivity contribution in [3.05, 3.63) is 36.2 Å². The molecule has 1 aliphatic rings. The summed E-state index contributed by atoms with van der Waals surface area (Å²) in [6.45, 7) is 1.49. The first-order chi connectivity index (χ1) is 13.1. The van der Waals surface area contributed by atoms with Crippen molar-refractivity contribution < 1.29 is 4.79 Å². The highest BCUT2D eigenvalue weighted by atomic mass is 32.2. The van der Waals surface area contributed by atoms with Crippen molar-refractivity contribution >= 4 is 23.3 Å². The normalized spacial score (nSPS) is 15.9. The Morgan fingerprint density at radius 3 is 2.67 bits per heavy atom. The second kappa shape index (κ2) is 8.96. The second-order valence-electron chi connectivity index (χ2n) is 6.83. The monoisotopic (exact) mass is 381 g/mol. The number of nitrogens with zero attached hydrogens (tertiary/aromatic N) is 4. The molecule has 1 aromatic carbocycles. The van der Waals surface area contributed by atoms with Gasteiger partial charge in [0.25, 0.3) is 0 Å². The van der Waals surface area contributed by atoms with Crippen LogP contribution in [0.1, 0.15) is 50.8 Å². The van der Waals surface area contributed by atoms with Crippen molar-refractivity contribution in [1.82, 2.24) is 14.8 Å². The van der Waals surface area contributed by atoms with Crippen LogP contribution in [0.3, 0.4) is 0 Å². The Hall–Kier alpha value is -2.46. The van der Waals surface area contributed by atoms with Crippen LogP contribution in [0.25, 0.3) is 5.69 Å². The number of para-hydroxylation sites is 1. The van der Waals surface area contributed by atoms with E-state index >= 15 is 0 Å². The number of carbonyl (C=O) groups is 1. The van der Waals surface area contributed by atoms with Gasteiger partial charge in [-0.2, -0.15) is 5.26 Å². The van der Waals surface area contributed by atoms with E-state index in [-0.39, 0.29) is 17.2 Å². The summed E-state index contributed by atoms with van der Waals surface area (Å²) >= 11 is 1.24. The molecular formula is C20H23N5OS. The molecule has 1 heterocycles. The van der Waals surface area contributed by atoms with E-state index in [1.165, 1.54) is 37.9 Å². The molecule has 7 heteroatoms. The molecule has 1 saturated carbocycles. The molecule has 0 bridgehead atoms. The highest BCUT2D eigenvalue weighted by Gasteiger charge is 2.25. The lowest BCUT2D eigenvalue weighted by Gasteiger charge is -2.21. The first kappa shape index (κ1) is 19.3. The molecule has 3 rings (SSSR count). The largest absolute Gasteiger partial charge is 0.308 e. The molecule has 0 aliphatic heterocycles. The van der Waals surface area contributed by atoms with Gasteiger partial charge < -0.3 is 5.41 Å². The number of ketones is 1. The molecule has 0 radical (unpaired) electrons. The topological polar surface area (TPSA) is 95.4 Å². The standard InChI is InChI=1S/C20H23N5OS/c1-14(22)17(12-21)18(26)13-27-20-23-19(15-8-4-2-5-9-15)25(24-20)16-10-6-3-7-11-16/h3,6-7,10-11,15,17,22H,2,4-5,8-9,13H2,1H3. The molecule has 27 heavy (non-hydrogen) atoms. The summed E-state index contributed by atoms with van der Waals surface area (Å²) < 4.78 is 1.90. The quantitative estimate of drug-likeness (QED) is 0.574. The van der Waals surface area contributed by atoms with Crippen LogP contribution >= 0.6 is 11.8 Å². The van der Waals surface area contributed by atoms with Gasteiger partial charge in [-0.15, -0.1) is 5.10 Å². The van der Waals surface area contributed by atoms with Crippen LogP contribution in [0.4, 0.5) is 0 Å². The fourth-order valence-electron chi connectivity index (χ4n) is 3.38. The van der Waals surface area contributed by atoms with E-state index in [4.69, 9.17) is 15.7 Å². The average molecular weight is 382 g/mol. The Kier molecular flexibility index (Phi) is 6.40. The number of benzene rings is 1. The molecule has 0 amide bonds. The maximum Gasteiger partial charge on any atom is 0.209 e. The van der Waals surface area contributed by atoms with Crippen LogP contribution in [-0.2, 0) is 4.79 Å². The van der Waals surface area contributed by atoms with Crippen molar-refractivity contribution in [1.29, 1.82) is 10.7 Å². The highest BCUT2D eigenvalue weighted by molar-refractivity contribution is 7.99. The Balaban J connectivity index is 1.82. The zero-order valence-corrected chi connectivity index (χ0v) is 16.2. The van der Waals surface area contributed by atoms with Crippen molar-refractivity contribution in [3.8, 4) is 11.8 Å². The summed E-state index contributed by atoms with van der Waals surface area (Å²) in [5.74, 6) is 0.178. The van der Waals surface area contributed by atoms with Gasteiger partial charge in [0.05, 0.1) is 17.5 Å². The smallest absolute Gasteiger partial charge is 0.209 e. The minimum atomic E-state index is -0.980. The molecule has 140 valence electrons. The van der Waals surface area contributed by atoms with E-state index in [0.717, 1.165) is 24.4 Å². The number of nitrogens with one attached hydrogen (secondary N) is 1. The summed E-state index contributed by atoms with van der Waals surface area (Å²) in [7, 11) is 0. The summed E-state index contributed by atoms with van der Waals surface area (Å²) in [6.07, 6.45) is 5.90. The molecule has 1 atom stereocenters. The minimum Gasteiger partial charge on any atom is -0.308 e. The Morgan fingerprint density at radius 1 is 1.33 bits per heavy atom. The predicted molar refractivity (Wildman–Crippen MR) is 105 cm³/mol. The van der Waals surface area contributed by atoms with E-state index in [2.05, 4.69) is 5.10 Å². The predicted octanol–water partition coefficient (Wildman–Crippen LogP) is 4.16. The molecule has 1 N–H and O–H groups in total. The van der Waals surface area contributed by atoms with E-state index in [1.54, 1.807) is 0 Å². The van der Waals surface area contributed by atoms with Gasteiger partial charge in [-0.1, -0.05) is 49.2 Å². The van der Waals surface area contributed by atoms with Gasteiger partial charge in [0.15, 0.2) is 5.78 Å². The molecule has 0 saturated heterocycles. The number of rotatable bonds is 7. The molecule has 1 fully saturated rings. The maximum atomic E-state index is 12.2. The van der Waals surface area contributed by atoms with Gasteiger partial charge in [0, 0.05) is 11.6 Å². The molecule has 1 aliphatic carbocycles. The van der Waals surface area contributed by atoms with Crippen LogP contribution in [0.2, 0.25) is 0 Å². The molecule has 1 unspecified atom stereocenters. The average Bonchev–Trinajstić information content (AvgIpc) is 3.12. The van der Waals surface area contributed by atoms with Crippen LogP contribution < -0.4 is 0 Å². The Morgan fingerprint density at radius 2 is 2.04 bits per heavy atom. The lowest BCUT2D eigenvalue weighted by molar-refractivity contribution is -0.117. The molecule has 0 spiro atoms. The highest BCUT2D eigenvalue weighted by Crippen LogP contribution is 2.33. The summed E-state index contributed by atoms with van der Waals surface area (Å²) in [5.41, 5.74) is 1.04. The number of nitriles is 1. The molecule has 6 nitrogen and oxygen atoms in total. The SMILES string of the molecule is CC(=N)C(C#N)C(=O)CSc1nc(C2CCCCC2)n(-c2ccccc2)n1. The van der Waals surface area contributed by atoms with E-state index in [9.17, 15) is 4.79 Å². The van der Waals surface area contributed by atoms with Crippen LogP contribution in [-0.4, -0.2) is 32.0 Å². The zero-order valence-electron chi connectivity index (χ0n) is 15.4. The minimum absolute atomic E-state index is 0.0776. The fraction of sp³-hybridized carbons (Fsp3) is 0.450. The van der Waals surface area contributed by atoms with E-state index in [0.29, 0.717) is 11.1 Å². The summed E-state index contributed by atoms with van der Waals surface area (Å²) in [4.78, 5) is 16.9. The third kappa shape index (κ3) is 4.64. The number of thioether (sulfide) groups is 1. The number of hydrogen-bond acceptors (Lipinski definition) is 6.